The van der Waals surface area contributed by atoms with Gasteiger partial charge in [-0.1, -0.05) is 18.7 Å². The highest BCUT2D eigenvalue weighted by Gasteiger charge is 2.31. The first-order valence-electron chi connectivity index (χ1n) is 10.4. The Morgan fingerprint density at radius 1 is 1.17 bits per heavy atom. The van der Waals surface area contributed by atoms with Gasteiger partial charge in [-0.05, 0) is 35.9 Å². The van der Waals surface area contributed by atoms with Crippen molar-refractivity contribution in [2.45, 2.75) is 6.18 Å². The van der Waals surface area contributed by atoms with Crippen LogP contribution >= 0.6 is 0 Å². The first-order chi connectivity index (χ1) is 16.6. The second-order valence-corrected chi connectivity index (χ2v) is 9.59. The number of sulfonamides is 1. The third kappa shape index (κ3) is 5.05. The Hall–Kier alpha value is -3.70. The number of nitrogens with one attached hydrogen (secondary N) is 1. The molecular formula is C24H21F3N4O3S. The zero-order valence-corrected chi connectivity index (χ0v) is 19.4. The summed E-state index contributed by atoms with van der Waals surface area (Å²) in [5.74, 6) is 0.330. The average molecular weight is 503 g/mol. The summed E-state index contributed by atoms with van der Waals surface area (Å²) < 4.78 is 71.0. The molecule has 3 heterocycles. The lowest BCUT2D eigenvalue weighted by Crippen LogP contribution is -2.29. The Labute approximate surface area is 200 Å². The summed E-state index contributed by atoms with van der Waals surface area (Å²) >= 11 is 0. The van der Waals surface area contributed by atoms with Crippen molar-refractivity contribution < 1.29 is 26.3 Å². The van der Waals surface area contributed by atoms with Gasteiger partial charge in [0.2, 0.25) is 10.0 Å². The maximum absolute atomic E-state index is 13.4. The van der Waals surface area contributed by atoms with E-state index in [0.29, 0.717) is 39.2 Å². The van der Waals surface area contributed by atoms with Crippen molar-refractivity contribution in [3.8, 4) is 28.1 Å². The third-order valence-electron chi connectivity index (χ3n) is 5.40. The van der Waals surface area contributed by atoms with E-state index in [0.717, 1.165) is 21.8 Å². The van der Waals surface area contributed by atoms with Gasteiger partial charge in [0.05, 0.1) is 28.5 Å². The molecule has 0 bridgehead atoms. The molecule has 0 atom stereocenters. The number of nitrogens with zero attached hydrogens (tertiary/aromatic N) is 3. The molecule has 0 aliphatic carbocycles. The standard InChI is InChI=1S/C24H21F3N4O3S/c1-3-35(32,33)31(2)12-13-34-20-15-28-11-9-18(20)22-21(23-19(30-22)8-5-10-29-23)16-6-4-7-17(14-16)24(25,26)27/h3-11,14-15,30H,1,12-13H2,2H3. The SMILES string of the molecule is C=CS(=O)(=O)N(C)CCOc1cnccc1-c1[nH]c2cccnc2c1-c1cccc(C(F)(F)F)c1. The zero-order chi connectivity index (χ0) is 25.2. The monoisotopic (exact) mass is 502 g/mol. The minimum Gasteiger partial charge on any atom is -0.490 e. The fraction of sp³-hybridized carbons (Fsp3) is 0.167. The van der Waals surface area contributed by atoms with Crippen molar-refractivity contribution in [3.05, 3.63) is 78.6 Å². The highest BCUT2D eigenvalue weighted by atomic mass is 32.2. The summed E-state index contributed by atoms with van der Waals surface area (Å²) in [6.45, 7) is 3.36. The molecular weight excluding hydrogens is 481 g/mol. The first kappa shape index (κ1) is 24.4. The molecule has 0 saturated carbocycles. The quantitative estimate of drug-likeness (QED) is 0.362. The summed E-state index contributed by atoms with van der Waals surface area (Å²) in [5, 5.41) is 0.849. The summed E-state index contributed by atoms with van der Waals surface area (Å²) in [4.78, 5) is 11.7. The van der Waals surface area contributed by atoms with Crippen LogP contribution in [0.4, 0.5) is 13.2 Å². The second-order valence-electron chi connectivity index (χ2n) is 7.61. The van der Waals surface area contributed by atoms with Crippen LogP contribution in [0.2, 0.25) is 0 Å². The van der Waals surface area contributed by atoms with Gasteiger partial charge in [0.1, 0.15) is 12.4 Å². The van der Waals surface area contributed by atoms with Crippen LogP contribution in [0.1, 0.15) is 5.56 Å². The smallest absolute Gasteiger partial charge is 0.416 e. The van der Waals surface area contributed by atoms with Gasteiger partial charge < -0.3 is 9.72 Å². The van der Waals surface area contributed by atoms with Gasteiger partial charge in [0.15, 0.2) is 0 Å². The molecule has 0 aliphatic rings. The number of pyridine rings is 2. The molecule has 0 unspecified atom stereocenters. The molecule has 0 radical (unpaired) electrons. The van der Waals surface area contributed by atoms with Crippen LogP contribution in [-0.4, -0.2) is 47.9 Å². The minimum absolute atomic E-state index is 0.0135. The van der Waals surface area contributed by atoms with Gasteiger partial charge in [-0.15, -0.1) is 0 Å². The zero-order valence-electron chi connectivity index (χ0n) is 18.6. The lowest BCUT2D eigenvalue weighted by atomic mass is 9.98. The summed E-state index contributed by atoms with van der Waals surface area (Å²) in [6.07, 6.45) is 0.0624. The predicted octanol–water partition coefficient (Wildman–Crippen LogP) is 5.09. The van der Waals surface area contributed by atoms with E-state index in [4.69, 9.17) is 4.74 Å². The van der Waals surface area contributed by atoms with Crippen molar-refractivity contribution in [2.75, 3.05) is 20.2 Å². The number of likely N-dealkylation sites (N-methyl/N-ethyl adjacent to an activating group) is 1. The number of rotatable bonds is 8. The van der Waals surface area contributed by atoms with Crippen molar-refractivity contribution >= 4 is 21.1 Å². The maximum atomic E-state index is 13.4. The number of aromatic amines is 1. The number of benzene rings is 1. The molecule has 0 aliphatic heterocycles. The van der Waals surface area contributed by atoms with Gasteiger partial charge in [0.25, 0.3) is 0 Å². The second kappa shape index (κ2) is 9.51. The Morgan fingerprint density at radius 3 is 2.71 bits per heavy atom. The molecule has 4 rings (SSSR count). The molecule has 35 heavy (non-hydrogen) atoms. The molecule has 0 amide bonds. The van der Waals surface area contributed by atoms with E-state index in [1.807, 2.05) is 0 Å². The van der Waals surface area contributed by atoms with Crippen LogP contribution in [-0.2, 0) is 16.2 Å². The van der Waals surface area contributed by atoms with Crippen molar-refractivity contribution in [2.24, 2.45) is 0 Å². The molecule has 0 saturated heterocycles. The first-order valence-corrected chi connectivity index (χ1v) is 11.9. The third-order valence-corrected chi connectivity index (χ3v) is 6.87. The lowest BCUT2D eigenvalue weighted by Gasteiger charge is -2.16. The molecule has 11 heteroatoms. The normalized spacial score (nSPS) is 12.3. The van der Waals surface area contributed by atoms with E-state index in [1.165, 1.54) is 25.5 Å². The molecule has 4 aromatic rings. The molecule has 1 N–H and O–H groups in total. The number of ether oxygens (including phenoxy) is 1. The number of hydrogen-bond donors (Lipinski definition) is 1. The highest BCUT2D eigenvalue weighted by Crippen LogP contribution is 2.42. The molecule has 0 spiro atoms. The topological polar surface area (TPSA) is 88.2 Å². The number of hydrogen-bond acceptors (Lipinski definition) is 5. The molecule has 182 valence electrons. The molecule has 3 aromatic heterocycles. The Balaban J connectivity index is 1.78. The van der Waals surface area contributed by atoms with Crippen LogP contribution in [0.25, 0.3) is 33.4 Å². The van der Waals surface area contributed by atoms with E-state index in [1.54, 1.807) is 30.5 Å². The number of fused-ring (bicyclic) bond motifs is 1. The van der Waals surface area contributed by atoms with Crippen molar-refractivity contribution in [1.82, 2.24) is 19.3 Å². The fourth-order valence-corrected chi connectivity index (χ4v) is 4.18. The predicted molar refractivity (Wildman–Crippen MR) is 127 cm³/mol. The summed E-state index contributed by atoms with van der Waals surface area (Å²) in [5.41, 5.74) is 2.22. The largest absolute Gasteiger partial charge is 0.490 e. The van der Waals surface area contributed by atoms with Crippen molar-refractivity contribution in [1.29, 1.82) is 0 Å². The maximum Gasteiger partial charge on any atom is 0.416 e. The lowest BCUT2D eigenvalue weighted by molar-refractivity contribution is -0.137. The number of H-pyrrole nitrogens is 1. The van der Waals surface area contributed by atoms with E-state index in [-0.39, 0.29) is 13.2 Å². The summed E-state index contributed by atoms with van der Waals surface area (Å²) in [6, 6.07) is 10.2. The van der Waals surface area contributed by atoms with Gasteiger partial charge in [-0.25, -0.2) is 8.42 Å². The number of alkyl halides is 3. The van der Waals surface area contributed by atoms with Gasteiger partial charge >= 0.3 is 6.18 Å². The molecule has 7 nitrogen and oxygen atoms in total. The van der Waals surface area contributed by atoms with Crippen LogP contribution in [0.15, 0.2) is 73.0 Å². The van der Waals surface area contributed by atoms with Gasteiger partial charge in [-0.2, -0.15) is 17.5 Å². The van der Waals surface area contributed by atoms with E-state index < -0.39 is 21.8 Å². The van der Waals surface area contributed by atoms with Crippen LogP contribution < -0.4 is 4.74 Å². The van der Waals surface area contributed by atoms with Crippen molar-refractivity contribution in [3.63, 3.8) is 0 Å². The minimum atomic E-state index is -4.50. The van der Waals surface area contributed by atoms with Crippen LogP contribution in [0.3, 0.4) is 0 Å². The average Bonchev–Trinajstić information content (AvgIpc) is 3.23. The molecule has 0 fully saturated rings. The van der Waals surface area contributed by atoms with Crippen LogP contribution in [0, 0.1) is 0 Å². The van der Waals surface area contributed by atoms with E-state index in [2.05, 4.69) is 21.5 Å². The van der Waals surface area contributed by atoms with Crippen LogP contribution in [0.5, 0.6) is 5.75 Å². The highest BCUT2D eigenvalue weighted by molar-refractivity contribution is 7.91. The molecule has 1 aromatic carbocycles. The van der Waals surface area contributed by atoms with Gasteiger partial charge in [-0.3, -0.25) is 9.97 Å². The number of aromatic nitrogens is 3. The number of halogens is 3. The Kier molecular flexibility index (Phi) is 6.64. The van der Waals surface area contributed by atoms with Gasteiger partial charge in [0, 0.05) is 42.5 Å². The Bertz CT molecular complexity index is 1480. The Morgan fingerprint density at radius 2 is 1.97 bits per heavy atom. The van der Waals surface area contributed by atoms with E-state index in [9.17, 15) is 21.6 Å². The summed E-state index contributed by atoms with van der Waals surface area (Å²) in [7, 11) is -2.19. The van der Waals surface area contributed by atoms with E-state index >= 15 is 0 Å². The fourth-order valence-electron chi connectivity index (χ4n) is 3.60.